The molecule has 3 rings (SSSR count). The zero-order chi connectivity index (χ0) is 17.0. The fraction of sp³-hybridized carbons (Fsp3) is 1.00. The molecule has 0 bridgehead atoms. The third-order valence-corrected chi connectivity index (χ3v) is 6.13. The summed E-state index contributed by atoms with van der Waals surface area (Å²) >= 11 is 0. The Bertz CT molecular complexity index is 364. The summed E-state index contributed by atoms with van der Waals surface area (Å²) < 4.78 is 0. The second-order valence-corrected chi connectivity index (χ2v) is 9.45. The topological polar surface area (TPSA) is 30.5 Å². The van der Waals surface area contributed by atoms with Crippen molar-refractivity contribution in [3.05, 3.63) is 0 Å². The molecule has 0 amide bonds. The van der Waals surface area contributed by atoms with Gasteiger partial charge in [0.1, 0.15) is 0 Å². The zero-order valence-corrected chi connectivity index (χ0v) is 16.3. The lowest BCUT2D eigenvalue weighted by molar-refractivity contribution is 0.0834. The van der Waals surface area contributed by atoms with Gasteiger partial charge in [0.15, 0.2) is 0 Å². The van der Waals surface area contributed by atoms with Crippen LogP contribution in [0.25, 0.3) is 0 Å². The molecule has 0 aliphatic carbocycles. The lowest BCUT2D eigenvalue weighted by atomic mass is 9.92. The molecule has 4 nitrogen and oxygen atoms in total. The lowest BCUT2D eigenvalue weighted by Crippen LogP contribution is -2.53. The number of likely N-dealkylation sites (tertiary alicyclic amines) is 2. The molecule has 3 aliphatic rings. The minimum absolute atomic E-state index is 0.244. The van der Waals surface area contributed by atoms with E-state index in [0.717, 1.165) is 12.0 Å². The van der Waals surface area contributed by atoms with E-state index >= 15 is 0 Å². The molecule has 0 saturated carbocycles. The van der Waals surface area contributed by atoms with Crippen molar-refractivity contribution in [2.45, 2.75) is 76.9 Å². The predicted octanol–water partition coefficient (Wildman–Crippen LogP) is 2.30. The molecule has 0 aromatic heterocycles. The van der Waals surface area contributed by atoms with E-state index in [1.54, 1.807) is 0 Å². The van der Waals surface area contributed by atoms with Crippen molar-refractivity contribution in [1.29, 1.82) is 0 Å². The van der Waals surface area contributed by atoms with Gasteiger partial charge in [-0.3, -0.25) is 0 Å². The van der Waals surface area contributed by atoms with Gasteiger partial charge in [-0.05, 0) is 97.9 Å². The number of nitrogens with one attached hydrogen (secondary N) is 2. The molecule has 2 N–H and O–H groups in total. The van der Waals surface area contributed by atoms with Gasteiger partial charge >= 0.3 is 0 Å². The van der Waals surface area contributed by atoms with Gasteiger partial charge in [0.05, 0.1) is 0 Å². The molecular formula is C20H40N4. The van der Waals surface area contributed by atoms with E-state index in [0.29, 0.717) is 6.04 Å². The Morgan fingerprint density at radius 2 is 1.67 bits per heavy atom. The van der Waals surface area contributed by atoms with E-state index in [9.17, 15) is 0 Å². The highest BCUT2D eigenvalue weighted by atomic mass is 15.2. The average Bonchev–Trinajstić information content (AvgIpc) is 2.55. The SMILES string of the molecule is CC(C)(C)N[C@@H]1CCCN(CC2CCN(C3CCNCC3)CC2)C1. The Balaban J connectivity index is 1.39. The number of rotatable bonds is 4. The standard InChI is InChI=1S/C20H40N4/c1-20(2,3)22-18-5-4-12-23(16-18)15-17-8-13-24(14-9-17)19-6-10-21-11-7-19/h17-19,21-22H,4-16H2,1-3H3/t18-/m1/s1. The van der Waals surface area contributed by atoms with Gasteiger partial charge in [-0.1, -0.05) is 0 Å². The maximum atomic E-state index is 3.82. The van der Waals surface area contributed by atoms with Crippen LogP contribution in [0.15, 0.2) is 0 Å². The van der Waals surface area contributed by atoms with E-state index in [1.165, 1.54) is 84.3 Å². The first-order valence-electron chi connectivity index (χ1n) is 10.4. The molecule has 3 heterocycles. The Labute approximate surface area is 149 Å². The highest BCUT2D eigenvalue weighted by Gasteiger charge is 2.29. The summed E-state index contributed by atoms with van der Waals surface area (Å²) in [7, 11) is 0. The number of piperidine rings is 3. The number of hydrogen-bond donors (Lipinski definition) is 2. The molecule has 0 aromatic carbocycles. The Hall–Kier alpha value is -0.160. The zero-order valence-electron chi connectivity index (χ0n) is 16.3. The Kier molecular flexibility index (Phi) is 6.58. The summed E-state index contributed by atoms with van der Waals surface area (Å²) in [6, 6.07) is 1.55. The van der Waals surface area contributed by atoms with Gasteiger partial charge in [0.2, 0.25) is 0 Å². The summed E-state index contributed by atoms with van der Waals surface area (Å²) in [5.41, 5.74) is 0.244. The van der Waals surface area contributed by atoms with Crippen LogP contribution in [0.3, 0.4) is 0 Å². The molecule has 0 spiro atoms. The third-order valence-electron chi connectivity index (χ3n) is 6.13. The van der Waals surface area contributed by atoms with Crippen molar-refractivity contribution in [2.24, 2.45) is 5.92 Å². The summed E-state index contributed by atoms with van der Waals surface area (Å²) in [6.45, 7) is 15.9. The molecule has 0 unspecified atom stereocenters. The van der Waals surface area contributed by atoms with E-state index in [2.05, 4.69) is 41.2 Å². The van der Waals surface area contributed by atoms with Crippen LogP contribution < -0.4 is 10.6 Å². The highest BCUT2D eigenvalue weighted by Crippen LogP contribution is 2.24. The van der Waals surface area contributed by atoms with Crippen LogP contribution in [0.5, 0.6) is 0 Å². The fourth-order valence-corrected chi connectivity index (χ4v) is 4.99. The second-order valence-electron chi connectivity index (χ2n) is 9.45. The molecular weight excluding hydrogens is 296 g/mol. The first-order chi connectivity index (χ1) is 11.5. The van der Waals surface area contributed by atoms with Crippen molar-refractivity contribution < 1.29 is 0 Å². The molecule has 4 heteroatoms. The quantitative estimate of drug-likeness (QED) is 0.825. The molecule has 3 saturated heterocycles. The first kappa shape index (κ1) is 18.6. The molecule has 3 fully saturated rings. The fourth-order valence-electron chi connectivity index (χ4n) is 4.99. The minimum Gasteiger partial charge on any atom is -0.317 e. The van der Waals surface area contributed by atoms with Crippen LogP contribution >= 0.6 is 0 Å². The normalized spacial score (nSPS) is 29.9. The van der Waals surface area contributed by atoms with Crippen molar-refractivity contribution in [3.63, 3.8) is 0 Å². The van der Waals surface area contributed by atoms with Gasteiger partial charge in [0, 0.05) is 30.7 Å². The van der Waals surface area contributed by atoms with Crippen LogP contribution in [0.1, 0.15) is 59.3 Å². The highest BCUT2D eigenvalue weighted by molar-refractivity contribution is 4.87. The van der Waals surface area contributed by atoms with Gasteiger partial charge < -0.3 is 20.4 Å². The van der Waals surface area contributed by atoms with Crippen molar-refractivity contribution in [1.82, 2.24) is 20.4 Å². The minimum atomic E-state index is 0.244. The van der Waals surface area contributed by atoms with E-state index in [1.807, 2.05) is 0 Å². The predicted molar refractivity (Wildman–Crippen MR) is 103 cm³/mol. The third kappa shape index (κ3) is 5.69. The van der Waals surface area contributed by atoms with E-state index < -0.39 is 0 Å². The Morgan fingerprint density at radius 1 is 0.958 bits per heavy atom. The maximum Gasteiger partial charge on any atom is 0.0200 e. The van der Waals surface area contributed by atoms with Crippen molar-refractivity contribution >= 4 is 0 Å². The summed E-state index contributed by atoms with van der Waals surface area (Å²) in [4.78, 5) is 5.54. The summed E-state index contributed by atoms with van der Waals surface area (Å²) in [5, 5.41) is 7.32. The van der Waals surface area contributed by atoms with E-state index in [-0.39, 0.29) is 5.54 Å². The van der Waals surface area contributed by atoms with Crippen molar-refractivity contribution in [2.75, 3.05) is 45.8 Å². The summed E-state index contributed by atoms with van der Waals surface area (Å²) in [5.74, 6) is 0.927. The van der Waals surface area contributed by atoms with Gasteiger partial charge in [0.25, 0.3) is 0 Å². The summed E-state index contributed by atoms with van der Waals surface area (Å²) in [6.07, 6.45) is 8.26. The molecule has 24 heavy (non-hydrogen) atoms. The van der Waals surface area contributed by atoms with Crippen LogP contribution in [0.4, 0.5) is 0 Å². The second kappa shape index (κ2) is 8.48. The molecule has 0 radical (unpaired) electrons. The monoisotopic (exact) mass is 336 g/mol. The van der Waals surface area contributed by atoms with Crippen LogP contribution in [0.2, 0.25) is 0 Å². The van der Waals surface area contributed by atoms with Crippen LogP contribution in [-0.2, 0) is 0 Å². The molecule has 3 aliphatic heterocycles. The first-order valence-corrected chi connectivity index (χ1v) is 10.4. The Morgan fingerprint density at radius 3 is 2.33 bits per heavy atom. The molecule has 0 aromatic rings. The van der Waals surface area contributed by atoms with Crippen LogP contribution in [-0.4, -0.2) is 73.2 Å². The smallest absolute Gasteiger partial charge is 0.0200 e. The lowest BCUT2D eigenvalue weighted by Gasteiger charge is -2.42. The van der Waals surface area contributed by atoms with Gasteiger partial charge in [-0.25, -0.2) is 0 Å². The van der Waals surface area contributed by atoms with Gasteiger partial charge in [-0.2, -0.15) is 0 Å². The maximum absolute atomic E-state index is 3.82. The largest absolute Gasteiger partial charge is 0.317 e. The molecule has 1 atom stereocenters. The van der Waals surface area contributed by atoms with Crippen molar-refractivity contribution in [3.8, 4) is 0 Å². The average molecular weight is 337 g/mol. The number of hydrogen-bond acceptors (Lipinski definition) is 4. The molecule has 140 valence electrons. The number of nitrogens with zero attached hydrogens (tertiary/aromatic N) is 2. The van der Waals surface area contributed by atoms with E-state index in [4.69, 9.17) is 0 Å². The van der Waals surface area contributed by atoms with Crippen LogP contribution in [0, 0.1) is 5.92 Å². The van der Waals surface area contributed by atoms with Gasteiger partial charge in [-0.15, -0.1) is 0 Å².